The van der Waals surface area contributed by atoms with Gasteiger partial charge in [-0.05, 0) is 17.5 Å². The number of amides is 1. The van der Waals surface area contributed by atoms with Gasteiger partial charge in [0, 0.05) is 0 Å². The van der Waals surface area contributed by atoms with Gasteiger partial charge in [0.2, 0.25) is 5.91 Å². The summed E-state index contributed by atoms with van der Waals surface area (Å²) in [5.74, 6) is -1.61. The molecular weight excluding hydrogens is 280 g/mol. The van der Waals surface area contributed by atoms with E-state index >= 15 is 0 Å². The summed E-state index contributed by atoms with van der Waals surface area (Å²) < 4.78 is 0. The van der Waals surface area contributed by atoms with E-state index in [1.54, 1.807) is 30.3 Å². The van der Waals surface area contributed by atoms with E-state index in [0.29, 0.717) is 12.0 Å². The fraction of sp³-hybridized carbons (Fsp3) is 0.176. The van der Waals surface area contributed by atoms with E-state index in [1.807, 2.05) is 30.3 Å². The number of aliphatic carboxylic acids is 1. The molecule has 2 aromatic rings. The normalized spacial score (nSPS) is 13.1. The monoisotopic (exact) mass is 298 g/mol. The van der Waals surface area contributed by atoms with Crippen LogP contribution in [0, 0.1) is 0 Å². The molecule has 0 radical (unpaired) electrons. The lowest BCUT2D eigenvalue weighted by Gasteiger charge is -2.18. The molecule has 0 heterocycles. The molecule has 0 bridgehead atoms. The average Bonchev–Trinajstić information content (AvgIpc) is 2.53. The highest BCUT2D eigenvalue weighted by atomic mass is 16.4. The van der Waals surface area contributed by atoms with E-state index in [0.717, 1.165) is 5.56 Å². The van der Waals surface area contributed by atoms with Gasteiger partial charge < -0.3 is 16.2 Å². The van der Waals surface area contributed by atoms with Gasteiger partial charge in [0.1, 0.15) is 0 Å². The minimum Gasteiger partial charge on any atom is -0.479 e. The molecule has 5 heteroatoms. The third-order valence-electron chi connectivity index (χ3n) is 3.30. The van der Waals surface area contributed by atoms with Gasteiger partial charge in [0.05, 0.1) is 6.04 Å². The first-order valence-corrected chi connectivity index (χ1v) is 6.95. The molecule has 4 N–H and O–H groups in total. The van der Waals surface area contributed by atoms with Crippen molar-refractivity contribution in [2.24, 2.45) is 5.73 Å². The molecule has 114 valence electrons. The summed E-state index contributed by atoms with van der Waals surface area (Å²) in [6.45, 7) is 0. The summed E-state index contributed by atoms with van der Waals surface area (Å²) in [6, 6.07) is 16.0. The molecule has 0 aliphatic heterocycles. The van der Waals surface area contributed by atoms with Crippen LogP contribution < -0.4 is 11.1 Å². The van der Waals surface area contributed by atoms with Crippen molar-refractivity contribution in [1.82, 2.24) is 5.32 Å². The van der Waals surface area contributed by atoms with E-state index in [9.17, 15) is 14.7 Å². The molecule has 0 aromatic heterocycles. The molecule has 0 unspecified atom stereocenters. The molecule has 22 heavy (non-hydrogen) atoms. The van der Waals surface area contributed by atoms with Crippen molar-refractivity contribution in [3.05, 3.63) is 71.8 Å². The van der Waals surface area contributed by atoms with Crippen molar-refractivity contribution >= 4 is 11.9 Å². The van der Waals surface area contributed by atoms with Crippen LogP contribution in [0.1, 0.15) is 17.2 Å². The Morgan fingerprint density at radius 3 is 2.09 bits per heavy atom. The summed E-state index contributed by atoms with van der Waals surface area (Å²) in [6.07, 6.45) is 0.355. The Morgan fingerprint density at radius 1 is 1.00 bits per heavy atom. The highest BCUT2D eigenvalue weighted by molar-refractivity contribution is 5.87. The van der Waals surface area contributed by atoms with E-state index < -0.39 is 24.0 Å². The summed E-state index contributed by atoms with van der Waals surface area (Å²) in [7, 11) is 0. The first-order chi connectivity index (χ1) is 10.6. The van der Waals surface area contributed by atoms with Gasteiger partial charge >= 0.3 is 5.97 Å². The number of benzene rings is 2. The largest absolute Gasteiger partial charge is 0.479 e. The maximum Gasteiger partial charge on any atom is 0.330 e. The topological polar surface area (TPSA) is 92.4 Å². The molecule has 0 spiro atoms. The van der Waals surface area contributed by atoms with Crippen molar-refractivity contribution < 1.29 is 14.7 Å². The fourth-order valence-corrected chi connectivity index (χ4v) is 2.14. The van der Waals surface area contributed by atoms with Crippen LogP contribution in [0.3, 0.4) is 0 Å². The maximum absolute atomic E-state index is 12.1. The van der Waals surface area contributed by atoms with E-state index in [-0.39, 0.29) is 0 Å². The van der Waals surface area contributed by atoms with Crippen LogP contribution in [0.4, 0.5) is 0 Å². The molecule has 2 atom stereocenters. The van der Waals surface area contributed by atoms with Crippen molar-refractivity contribution in [2.45, 2.75) is 18.5 Å². The molecule has 0 aliphatic rings. The summed E-state index contributed by atoms with van der Waals surface area (Å²) in [5.41, 5.74) is 7.31. The Morgan fingerprint density at radius 2 is 1.55 bits per heavy atom. The van der Waals surface area contributed by atoms with Crippen LogP contribution in [0.5, 0.6) is 0 Å². The van der Waals surface area contributed by atoms with Gasteiger partial charge in [-0.25, -0.2) is 4.79 Å². The van der Waals surface area contributed by atoms with Crippen LogP contribution in [-0.2, 0) is 16.0 Å². The Labute approximate surface area is 128 Å². The second-order valence-electron chi connectivity index (χ2n) is 4.99. The van der Waals surface area contributed by atoms with E-state index in [1.165, 1.54) is 0 Å². The van der Waals surface area contributed by atoms with Gasteiger partial charge in [-0.15, -0.1) is 0 Å². The minimum atomic E-state index is -1.12. The third-order valence-corrected chi connectivity index (χ3v) is 3.30. The predicted molar refractivity (Wildman–Crippen MR) is 83.1 cm³/mol. The maximum atomic E-state index is 12.1. The number of carbonyl (C=O) groups excluding carboxylic acids is 1. The Kier molecular flexibility index (Phi) is 5.27. The predicted octanol–water partition coefficient (Wildman–Crippen LogP) is 1.50. The van der Waals surface area contributed by atoms with Crippen LogP contribution in [0.2, 0.25) is 0 Å². The minimum absolute atomic E-state index is 0.355. The van der Waals surface area contributed by atoms with Crippen molar-refractivity contribution in [3.63, 3.8) is 0 Å². The number of carboxylic acids is 1. The fourth-order valence-electron chi connectivity index (χ4n) is 2.14. The van der Waals surface area contributed by atoms with Crippen LogP contribution in [-0.4, -0.2) is 23.0 Å². The molecular formula is C17H18N2O3. The lowest BCUT2D eigenvalue weighted by atomic mass is 10.0. The van der Waals surface area contributed by atoms with E-state index in [4.69, 9.17) is 5.73 Å². The van der Waals surface area contributed by atoms with Gasteiger partial charge in [-0.3, -0.25) is 4.79 Å². The van der Waals surface area contributed by atoms with Gasteiger partial charge in [-0.2, -0.15) is 0 Å². The van der Waals surface area contributed by atoms with Crippen molar-refractivity contribution in [1.29, 1.82) is 0 Å². The quantitative estimate of drug-likeness (QED) is 0.753. The number of carbonyl (C=O) groups is 2. The second-order valence-corrected chi connectivity index (χ2v) is 4.99. The lowest BCUT2D eigenvalue weighted by molar-refractivity contribution is -0.142. The van der Waals surface area contributed by atoms with Crippen molar-refractivity contribution in [3.8, 4) is 0 Å². The van der Waals surface area contributed by atoms with Crippen LogP contribution >= 0.6 is 0 Å². The van der Waals surface area contributed by atoms with Gasteiger partial charge in [0.15, 0.2) is 6.04 Å². The number of nitrogens with one attached hydrogen (secondary N) is 1. The average molecular weight is 298 g/mol. The highest BCUT2D eigenvalue weighted by Crippen LogP contribution is 2.13. The van der Waals surface area contributed by atoms with Crippen LogP contribution in [0.15, 0.2) is 60.7 Å². The zero-order valence-electron chi connectivity index (χ0n) is 12.0. The Bertz CT molecular complexity index is 629. The van der Waals surface area contributed by atoms with Gasteiger partial charge in [0.25, 0.3) is 0 Å². The number of rotatable bonds is 6. The molecule has 0 fully saturated rings. The molecule has 0 aliphatic carbocycles. The van der Waals surface area contributed by atoms with E-state index in [2.05, 4.69) is 5.32 Å². The number of hydrogen-bond donors (Lipinski definition) is 3. The second kappa shape index (κ2) is 7.38. The lowest BCUT2D eigenvalue weighted by Crippen LogP contribution is -2.45. The molecule has 1 amide bonds. The smallest absolute Gasteiger partial charge is 0.330 e. The molecule has 0 saturated heterocycles. The molecule has 2 aromatic carbocycles. The summed E-state index contributed by atoms with van der Waals surface area (Å²) in [4.78, 5) is 23.5. The SMILES string of the molecule is N[C@@H](Cc1ccccc1)C(=O)N[C@H](C(=O)O)c1ccccc1. The summed E-state index contributed by atoms with van der Waals surface area (Å²) >= 11 is 0. The zero-order chi connectivity index (χ0) is 15.9. The highest BCUT2D eigenvalue weighted by Gasteiger charge is 2.24. The molecule has 2 rings (SSSR count). The molecule has 5 nitrogen and oxygen atoms in total. The first kappa shape index (κ1) is 15.7. The Balaban J connectivity index is 2.04. The zero-order valence-corrected chi connectivity index (χ0v) is 12.0. The number of nitrogens with two attached hydrogens (primary N) is 1. The standard InChI is InChI=1S/C17H18N2O3/c18-14(11-12-7-3-1-4-8-12)16(20)19-15(17(21)22)13-9-5-2-6-10-13/h1-10,14-15H,11,18H2,(H,19,20)(H,21,22)/t14-,15-/m0/s1. The third kappa shape index (κ3) is 4.17. The number of hydrogen-bond acceptors (Lipinski definition) is 3. The number of carboxylic acid groups (broad SMARTS) is 1. The summed E-state index contributed by atoms with van der Waals surface area (Å²) in [5, 5.41) is 11.8. The first-order valence-electron chi connectivity index (χ1n) is 6.95. The van der Waals surface area contributed by atoms with Crippen LogP contribution in [0.25, 0.3) is 0 Å². The van der Waals surface area contributed by atoms with Gasteiger partial charge in [-0.1, -0.05) is 60.7 Å². The molecule has 0 saturated carbocycles. The van der Waals surface area contributed by atoms with Crippen molar-refractivity contribution in [2.75, 3.05) is 0 Å². The Hall–Kier alpha value is -2.66.